The van der Waals surface area contributed by atoms with E-state index in [0.29, 0.717) is 11.6 Å². The molecule has 2 nitrogen and oxygen atoms in total. The van der Waals surface area contributed by atoms with Crippen LogP contribution in [0.4, 0.5) is 0 Å². The Kier molecular flexibility index (Phi) is 2.58. The summed E-state index contributed by atoms with van der Waals surface area (Å²) in [7, 11) is 0. The fraction of sp³-hybridized carbons (Fsp3) is 0.125. The van der Waals surface area contributed by atoms with Gasteiger partial charge in [0.15, 0.2) is 0 Å². The maximum absolute atomic E-state index is 5.93. The van der Waals surface area contributed by atoms with Crippen LogP contribution in [-0.4, -0.2) is 9.78 Å². The Morgan fingerprint density at radius 3 is 2.85 bits per heavy atom. The first-order valence-corrected chi connectivity index (χ1v) is 5.29. The molecular weight excluding hydrogens is 227 g/mol. The van der Waals surface area contributed by atoms with Gasteiger partial charge in [-0.25, -0.2) is 0 Å². The van der Waals surface area contributed by atoms with E-state index in [-0.39, 0.29) is 0 Å². The summed E-state index contributed by atoms with van der Waals surface area (Å²) in [6.07, 6.45) is 3.39. The summed E-state index contributed by atoms with van der Waals surface area (Å²) in [5.41, 5.74) is 0. The zero-order valence-electron chi connectivity index (χ0n) is 6.58. The fourth-order valence-electron chi connectivity index (χ4n) is 1.01. The Bertz CT molecular complexity index is 408. The largest absolute Gasteiger partial charge is 0.266 e. The predicted octanol–water partition coefficient (Wildman–Crippen LogP) is 3.30. The lowest BCUT2D eigenvalue weighted by Gasteiger charge is -1.97. The first-order valence-electron chi connectivity index (χ1n) is 3.65. The van der Waals surface area contributed by atoms with Crippen molar-refractivity contribution in [2.45, 2.75) is 6.54 Å². The minimum Gasteiger partial charge on any atom is -0.266 e. The van der Waals surface area contributed by atoms with Crippen molar-refractivity contribution in [3.8, 4) is 0 Å². The molecule has 68 valence electrons. The smallest absolute Gasteiger partial charge is 0.0785 e. The summed E-state index contributed by atoms with van der Waals surface area (Å²) >= 11 is 13.3. The lowest BCUT2D eigenvalue weighted by Crippen LogP contribution is -1.97. The van der Waals surface area contributed by atoms with Gasteiger partial charge in [0.05, 0.1) is 22.8 Å². The lowest BCUT2D eigenvalue weighted by molar-refractivity contribution is 0.695. The molecule has 0 unspecified atom stereocenters. The second kappa shape index (κ2) is 3.70. The molecule has 0 bridgehead atoms. The Labute approximate surface area is 89.7 Å². The highest BCUT2D eigenvalue weighted by Crippen LogP contribution is 2.22. The van der Waals surface area contributed by atoms with E-state index in [0.717, 1.165) is 9.90 Å². The van der Waals surface area contributed by atoms with E-state index in [9.17, 15) is 0 Å². The monoisotopic (exact) mass is 232 g/mol. The van der Waals surface area contributed by atoms with Crippen LogP contribution < -0.4 is 0 Å². The van der Waals surface area contributed by atoms with E-state index in [4.69, 9.17) is 23.2 Å². The molecule has 5 heteroatoms. The number of nitrogens with zero attached hydrogens (tertiary/aromatic N) is 2. The van der Waals surface area contributed by atoms with Gasteiger partial charge in [-0.3, -0.25) is 4.68 Å². The van der Waals surface area contributed by atoms with E-state index in [1.165, 1.54) is 0 Å². The molecule has 2 aromatic heterocycles. The van der Waals surface area contributed by atoms with Gasteiger partial charge in [-0.1, -0.05) is 23.2 Å². The molecule has 0 atom stereocenters. The van der Waals surface area contributed by atoms with Crippen LogP contribution in [-0.2, 0) is 6.54 Å². The molecule has 0 saturated carbocycles. The summed E-state index contributed by atoms with van der Waals surface area (Å²) < 4.78 is 1.76. The Balaban J connectivity index is 2.19. The first-order chi connectivity index (χ1) is 6.25. The van der Waals surface area contributed by atoms with Crippen molar-refractivity contribution in [1.82, 2.24) is 9.78 Å². The highest BCUT2D eigenvalue weighted by molar-refractivity contribution is 7.10. The number of halogens is 2. The Hall–Kier alpha value is -0.510. The molecule has 0 aliphatic carbocycles. The third-order valence-electron chi connectivity index (χ3n) is 1.60. The summed E-state index contributed by atoms with van der Waals surface area (Å²) in [5, 5.41) is 7.46. The molecule has 0 amide bonds. The van der Waals surface area contributed by atoms with Gasteiger partial charge in [0.25, 0.3) is 0 Å². The van der Waals surface area contributed by atoms with Crippen LogP contribution in [0.5, 0.6) is 0 Å². The molecule has 2 aromatic rings. The van der Waals surface area contributed by atoms with Crippen molar-refractivity contribution in [1.29, 1.82) is 0 Å². The second-order valence-corrected chi connectivity index (χ2v) is 4.39. The van der Waals surface area contributed by atoms with Gasteiger partial charge < -0.3 is 0 Å². The molecule has 13 heavy (non-hydrogen) atoms. The van der Waals surface area contributed by atoms with Crippen molar-refractivity contribution in [2.75, 3.05) is 0 Å². The Morgan fingerprint density at radius 2 is 2.31 bits per heavy atom. The average Bonchev–Trinajstić information content (AvgIpc) is 2.64. The third-order valence-corrected chi connectivity index (χ3v) is 3.17. The number of thiophene rings is 1. The second-order valence-electron chi connectivity index (χ2n) is 2.55. The number of hydrogen-bond acceptors (Lipinski definition) is 2. The molecule has 2 heterocycles. The van der Waals surface area contributed by atoms with Crippen molar-refractivity contribution in [3.63, 3.8) is 0 Å². The van der Waals surface area contributed by atoms with Gasteiger partial charge in [-0.2, -0.15) is 5.10 Å². The molecule has 0 fully saturated rings. The van der Waals surface area contributed by atoms with E-state index in [1.54, 1.807) is 28.4 Å². The molecular formula is C8H6Cl2N2S. The minimum atomic E-state index is 0.646. The highest BCUT2D eigenvalue weighted by atomic mass is 35.5. The van der Waals surface area contributed by atoms with Crippen LogP contribution >= 0.6 is 34.5 Å². The standard InChI is InChI=1S/C8H6Cl2N2S/c9-6-3-11-12(4-6)5-8-7(10)1-2-13-8/h1-4H,5H2. The molecule has 0 radical (unpaired) electrons. The highest BCUT2D eigenvalue weighted by Gasteiger charge is 2.03. The van der Waals surface area contributed by atoms with E-state index in [2.05, 4.69) is 5.10 Å². The van der Waals surface area contributed by atoms with Gasteiger partial charge in [0.2, 0.25) is 0 Å². The summed E-state index contributed by atoms with van der Waals surface area (Å²) in [4.78, 5) is 1.10. The van der Waals surface area contributed by atoms with Crippen LogP contribution in [0.1, 0.15) is 4.88 Å². The molecule has 0 aliphatic heterocycles. The predicted molar refractivity (Wildman–Crippen MR) is 55.7 cm³/mol. The van der Waals surface area contributed by atoms with E-state index in [1.807, 2.05) is 11.4 Å². The molecule has 0 aromatic carbocycles. The average molecular weight is 233 g/mol. The minimum absolute atomic E-state index is 0.646. The molecule has 0 saturated heterocycles. The fourth-order valence-corrected chi connectivity index (χ4v) is 2.25. The van der Waals surface area contributed by atoms with Gasteiger partial charge in [-0.05, 0) is 11.4 Å². The van der Waals surface area contributed by atoms with Crippen LogP contribution in [0.3, 0.4) is 0 Å². The van der Waals surface area contributed by atoms with Crippen molar-refractivity contribution in [2.24, 2.45) is 0 Å². The van der Waals surface area contributed by atoms with Crippen LogP contribution in [0.25, 0.3) is 0 Å². The molecule has 0 N–H and O–H groups in total. The van der Waals surface area contributed by atoms with Gasteiger partial charge >= 0.3 is 0 Å². The third kappa shape index (κ3) is 2.05. The van der Waals surface area contributed by atoms with Crippen LogP contribution in [0.2, 0.25) is 10.0 Å². The zero-order chi connectivity index (χ0) is 9.26. The molecule has 0 spiro atoms. The van der Waals surface area contributed by atoms with Crippen LogP contribution in [0.15, 0.2) is 23.8 Å². The first kappa shape index (κ1) is 9.06. The van der Waals surface area contributed by atoms with Crippen molar-refractivity contribution < 1.29 is 0 Å². The number of aromatic nitrogens is 2. The summed E-state index contributed by atoms with van der Waals surface area (Å²) in [6.45, 7) is 0.684. The van der Waals surface area contributed by atoms with Crippen molar-refractivity contribution in [3.05, 3.63) is 38.8 Å². The van der Waals surface area contributed by atoms with Crippen LogP contribution in [0, 0.1) is 0 Å². The zero-order valence-corrected chi connectivity index (χ0v) is 8.90. The van der Waals surface area contributed by atoms with Gasteiger partial charge in [0.1, 0.15) is 0 Å². The maximum atomic E-state index is 5.93. The maximum Gasteiger partial charge on any atom is 0.0785 e. The van der Waals surface area contributed by atoms with E-state index >= 15 is 0 Å². The quantitative estimate of drug-likeness (QED) is 0.778. The topological polar surface area (TPSA) is 17.8 Å². The van der Waals surface area contributed by atoms with Gasteiger partial charge in [0, 0.05) is 11.1 Å². The molecule has 0 aliphatic rings. The number of rotatable bonds is 2. The van der Waals surface area contributed by atoms with Crippen molar-refractivity contribution >= 4 is 34.5 Å². The summed E-state index contributed by atoms with van der Waals surface area (Å²) in [6, 6.07) is 1.88. The van der Waals surface area contributed by atoms with Gasteiger partial charge in [-0.15, -0.1) is 11.3 Å². The normalized spacial score (nSPS) is 10.6. The summed E-state index contributed by atoms with van der Waals surface area (Å²) in [5.74, 6) is 0. The number of hydrogen-bond donors (Lipinski definition) is 0. The SMILES string of the molecule is Clc1cnn(Cc2sccc2Cl)c1. The molecule has 2 rings (SSSR count). The lowest BCUT2D eigenvalue weighted by atomic mass is 10.5. The Morgan fingerprint density at radius 1 is 1.46 bits per heavy atom. The van der Waals surface area contributed by atoms with E-state index < -0.39 is 0 Å².